The smallest absolute Gasteiger partial charge is 0.127 e. The SMILES string of the molecule is S=c1cc[nH]n1-c1cccc(Br)c1. The van der Waals surface area contributed by atoms with E-state index in [1.165, 1.54) is 0 Å². The number of hydrogen-bond acceptors (Lipinski definition) is 1. The molecule has 13 heavy (non-hydrogen) atoms. The van der Waals surface area contributed by atoms with Crippen LogP contribution in [0.1, 0.15) is 0 Å². The minimum Gasteiger partial charge on any atom is -0.300 e. The average molecular weight is 255 g/mol. The highest BCUT2D eigenvalue weighted by molar-refractivity contribution is 9.10. The molecule has 1 aromatic carbocycles. The summed E-state index contributed by atoms with van der Waals surface area (Å²) in [6.45, 7) is 0. The van der Waals surface area contributed by atoms with E-state index in [0.29, 0.717) is 0 Å². The van der Waals surface area contributed by atoms with Crippen LogP contribution in [0, 0.1) is 4.64 Å². The highest BCUT2D eigenvalue weighted by Crippen LogP contribution is 2.14. The molecular formula is C9H7BrN2S. The molecule has 0 atom stereocenters. The molecule has 66 valence electrons. The Kier molecular flexibility index (Phi) is 2.33. The number of nitrogens with zero attached hydrogens (tertiary/aromatic N) is 1. The molecule has 1 heterocycles. The fraction of sp³-hybridized carbons (Fsp3) is 0. The first kappa shape index (κ1) is 8.72. The van der Waals surface area contributed by atoms with Crippen LogP contribution < -0.4 is 0 Å². The summed E-state index contributed by atoms with van der Waals surface area (Å²) in [7, 11) is 0. The van der Waals surface area contributed by atoms with E-state index in [2.05, 4.69) is 21.0 Å². The molecule has 1 N–H and O–H groups in total. The molecule has 0 radical (unpaired) electrons. The van der Waals surface area contributed by atoms with Crippen molar-refractivity contribution in [2.75, 3.05) is 0 Å². The topological polar surface area (TPSA) is 20.7 Å². The van der Waals surface area contributed by atoms with Crippen LogP contribution in [0.3, 0.4) is 0 Å². The molecule has 0 aliphatic heterocycles. The Bertz CT molecular complexity index is 472. The normalized spacial score (nSPS) is 10.2. The van der Waals surface area contributed by atoms with Crippen LogP contribution in [0.4, 0.5) is 0 Å². The van der Waals surface area contributed by atoms with Gasteiger partial charge in [-0.2, -0.15) is 0 Å². The summed E-state index contributed by atoms with van der Waals surface area (Å²) < 4.78 is 3.67. The molecule has 1 aromatic heterocycles. The van der Waals surface area contributed by atoms with Crippen molar-refractivity contribution in [1.82, 2.24) is 9.78 Å². The van der Waals surface area contributed by atoms with Gasteiger partial charge in [-0.15, -0.1) is 0 Å². The average Bonchev–Trinajstić information content (AvgIpc) is 2.51. The molecule has 0 bridgehead atoms. The van der Waals surface area contributed by atoms with E-state index in [9.17, 15) is 0 Å². The van der Waals surface area contributed by atoms with E-state index in [0.717, 1.165) is 14.8 Å². The van der Waals surface area contributed by atoms with Crippen molar-refractivity contribution in [1.29, 1.82) is 0 Å². The lowest BCUT2D eigenvalue weighted by atomic mass is 10.3. The quantitative estimate of drug-likeness (QED) is 0.775. The number of nitrogens with one attached hydrogen (secondary N) is 1. The van der Waals surface area contributed by atoms with Crippen LogP contribution >= 0.6 is 28.1 Å². The molecule has 4 heteroatoms. The first-order valence-corrected chi connectivity index (χ1v) is 5.00. The van der Waals surface area contributed by atoms with Gasteiger partial charge in [0.15, 0.2) is 0 Å². The van der Waals surface area contributed by atoms with Gasteiger partial charge in [-0.25, -0.2) is 4.68 Å². The minimum absolute atomic E-state index is 0.776. The highest BCUT2D eigenvalue weighted by Gasteiger charge is 1.96. The van der Waals surface area contributed by atoms with Gasteiger partial charge in [0.05, 0.1) is 5.69 Å². The van der Waals surface area contributed by atoms with Gasteiger partial charge in [-0.1, -0.05) is 34.2 Å². The molecule has 0 amide bonds. The van der Waals surface area contributed by atoms with Crippen LogP contribution in [0.25, 0.3) is 5.69 Å². The molecule has 0 fully saturated rings. The summed E-state index contributed by atoms with van der Waals surface area (Å²) in [5, 5.41) is 3.04. The van der Waals surface area contributed by atoms with Crippen LogP contribution in [0.15, 0.2) is 41.0 Å². The maximum absolute atomic E-state index is 5.13. The third-order valence-corrected chi connectivity index (χ3v) is 2.53. The Morgan fingerprint density at radius 1 is 1.31 bits per heavy atom. The van der Waals surface area contributed by atoms with Crippen molar-refractivity contribution < 1.29 is 0 Å². The molecule has 2 rings (SSSR count). The van der Waals surface area contributed by atoms with Crippen molar-refractivity contribution in [3.05, 3.63) is 45.6 Å². The van der Waals surface area contributed by atoms with Gasteiger partial charge >= 0.3 is 0 Å². The van der Waals surface area contributed by atoms with E-state index < -0.39 is 0 Å². The molecule has 2 aromatic rings. The summed E-state index contributed by atoms with van der Waals surface area (Å²) >= 11 is 8.54. The van der Waals surface area contributed by atoms with Crippen molar-refractivity contribution >= 4 is 28.1 Å². The molecular weight excluding hydrogens is 248 g/mol. The fourth-order valence-corrected chi connectivity index (χ4v) is 1.75. The zero-order valence-electron chi connectivity index (χ0n) is 6.70. The summed E-state index contributed by atoms with van der Waals surface area (Å²) in [4.78, 5) is 0. The number of H-pyrrole nitrogens is 1. The van der Waals surface area contributed by atoms with Crippen LogP contribution in [0.2, 0.25) is 0 Å². The third-order valence-electron chi connectivity index (χ3n) is 1.72. The lowest BCUT2D eigenvalue weighted by molar-refractivity contribution is 0.868. The molecule has 0 unspecified atom stereocenters. The van der Waals surface area contributed by atoms with Crippen molar-refractivity contribution in [2.45, 2.75) is 0 Å². The predicted octanol–water partition coefficient (Wildman–Crippen LogP) is 3.30. The summed E-state index contributed by atoms with van der Waals surface area (Å²) in [6.07, 6.45) is 1.82. The zero-order valence-corrected chi connectivity index (χ0v) is 9.10. The number of aromatic nitrogens is 2. The number of hydrogen-bond donors (Lipinski definition) is 1. The summed E-state index contributed by atoms with van der Waals surface area (Å²) in [6, 6.07) is 9.82. The highest BCUT2D eigenvalue weighted by atomic mass is 79.9. The van der Waals surface area contributed by atoms with Crippen LogP contribution in [-0.4, -0.2) is 9.78 Å². The second kappa shape index (κ2) is 3.47. The molecule has 2 nitrogen and oxygen atoms in total. The Balaban J connectivity index is 2.59. The molecule has 0 spiro atoms. The van der Waals surface area contributed by atoms with E-state index in [-0.39, 0.29) is 0 Å². The molecule has 0 aliphatic carbocycles. The van der Waals surface area contributed by atoms with E-state index in [1.807, 2.05) is 41.2 Å². The van der Waals surface area contributed by atoms with Gasteiger partial charge in [-0.3, -0.25) is 0 Å². The number of halogens is 1. The van der Waals surface area contributed by atoms with Gasteiger partial charge in [-0.05, 0) is 24.3 Å². The number of aromatic amines is 1. The number of benzene rings is 1. The molecule has 0 saturated carbocycles. The first-order valence-electron chi connectivity index (χ1n) is 3.80. The van der Waals surface area contributed by atoms with Crippen molar-refractivity contribution in [3.63, 3.8) is 0 Å². The zero-order chi connectivity index (χ0) is 9.26. The maximum atomic E-state index is 5.13. The summed E-state index contributed by atoms with van der Waals surface area (Å²) in [5.74, 6) is 0. The van der Waals surface area contributed by atoms with E-state index in [4.69, 9.17) is 12.2 Å². The Morgan fingerprint density at radius 2 is 2.15 bits per heavy atom. The maximum Gasteiger partial charge on any atom is 0.127 e. The fourth-order valence-electron chi connectivity index (χ4n) is 1.14. The van der Waals surface area contributed by atoms with Gasteiger partial charge in [0.1, 0.15) is 4.64 Å². The van der Waals surface area contributed by atoms with Gasteiger partial charge < -0.3 is 5.10 Å². The first-order chi connectivity index (χ1) is 6.27. The monoisotopic (exact) mass is 254 g/mol. The van der Waals surface area contributed by atoms with E-state index >= 15 is 0 Å². The Labute approximate surface area is 89.3 Å². The van der Waals surface area contributed by atoms with E-state index in [1.54, 1.807) is 0 Å². The van der Waals surface area contributed by atoms with Gasteiger partial charge in [0, 0.05) is 10.7 Å². The van der Waals surface area contributed by atoms with Crippen LogP contribution in [-0.2, 0) is 0 Å². The number of rotatable bonds is 1. The molecule has 0 aliphatic rings. The van der Waals surface area contributed by atoms with Gasteiger partial charge in [0.2, 0.25) is 0 Å². The summed E-state index contributed by atoms with van der Waals surface area (Å²) in [5.41, 5.74) is 1.03. The lowest BCUT2D eigenvalue weighted by Gasteiger charge is -2.02. The molecule has 0 saturated heterocycles. The Morgan fingerprint density at radius 3 is 2.77 bits per heavy atom. The predicted molar refractivity (Wildman–Crippen MR) is 58.7 cm³/mol. The Hall–Kier alpha value is -0.870. The minimum atomic E-state index is 0.776. The third kappa shape index (κ3) is 1.73. The van der Waals surface area contributed by atoms with Crippen molar-refractivity contribution in [3.8, 4) is 5.69 Å². The standard InChI is InChI=1S/C9H7BrN2S/c10-7-2-1-3-8(6-7)12-9(13)4-5-11-12/h1-6,11H. The second-order valence-corrected chi connectivity index (χ2v) is 3.95. The van der Waals surface area contributed by atoms with Gasteiger partial charge in [0.25, 0.3) is 0 Å². The van der Waals surface area contributed by atoms with Crippen molar-refractivity contribution in [2.24, 2.45) is 0 Å². The van der Waals surface area contributed by atoms with Crippen LogP contribution in [0.5, 0.6) is 0 Å². The lowest BCUT2D eigenvalue weighted by Crippen LogP contribution is -1.94. The largest absolute Gasteiger partial charge is 0.300 e. The second-order valence-electron chi connectivity index (χ2n) is 2.62.